The number of carbonyl (C=O) groups excluding carboxylic acids is 1. The summed E-state index contributed by atoms with van der Waals surface area (Å²) in [4.78, 5) is 24.9. The Bertz CT molecular complexity index is 625. The van der Waals surface area contributed by atoms with Crippen molar-refractivity contribution in [3.8, 4) is 5.75 Å². The fourth-order valence-electron chi connectivity index (χ4n) is 2.27. The van der Waals surface area contributed by atoms with Crippen LogP contribution in [-0.2, 0) is 9.59 Å². The number of fused-ring (bicyclic) bond motifs is 1. The van der Waals surface area contributed by atoms with Gasteiger partial charge in [0.15, 0.2) is 0 Å². The lowest BCUT2D eigenvalue weighted by Crippen LogP contribution is -2.40. The number of hydrogen-bond acceptors (Lipinski definition) is 3. The molecule has 5 nitrogen and oxygen atoms in total. The molecule has 1 heterocycles. The molecule has 0 aromatic heterocycles. The lowest BCUT2D eigenvalue weighted by Gasteiger charge is -2.28. The number of halogens is 1. The van der Waals surface area contributed by atoms with Crippen LogP contribution < -0.4 is 4.74 Å². The molecule has 0 spiro atoms. The highest BCUT2D eigenvalue weighted by atomic mass is 35.5. The number of nitrogens with zero attached hydrogens (tertiary/aromatic N) is 1. The number of hydrogen-bond donors (Lipinski definition) is 1. The molecule has 2 rings (SSSR count). The average molecular weight is 324 g/mol. The van der Waals surface area contributed by atoms with Gasteiger partial charge in [0.05, 0.1) is 12.0 Å². The standard InChI is InChI=1S/C16H18ClNO4/c1-10(2)18(6-5-15(19)20)16(21)12-7-11-8-13(17)3-4-14(11)22-9-12/h3-4,7-8,10H,5-6,9H2,1-2H3,(H,19,20). The van der Waals surface area contributed by atoms with Gasteiger partial charge in [0.25, 0.3) is 5.91 Å². The van der Waals surface area contributed by atoms with E-state index in [4.69, 9.17) is 21.4 Å². The van der Waals surface area contributed by atoms with Crippen molar-refractivity contribution in [3.63, 3.8) is 0 Å². The van der Waals surface area contributed by atoms with Crippen LogP contribution in [0.4, 0.5) is 0 Å². The number of carboxylic acids is 1. The second-order valence-electron chi connectivity index (χ2n) is 5.38. The molecule has 1 aromatic rings. The topological polar surface area (TPSA) is 66.8 Å². The van der Waals surface area contributed by atoms with Crippen molar-refractivity contribution in [2.45, 2.75) is 26.3 Å². The SMILES string of the molecule is CC(C)N(CCC(=O)O)C(=O)C1=Cc2cc(Cl)ccc2OC1. The molecular formula is C16H18ClNO4. The van der Waals surface area contributed by atoms with E-state index in [9.17, 15) is 9.59 Å². The van der Waals surface area contributed by atoms with Crippen LogP contribution in [0.15, 0.2) is 23.8 Å². The third-order valence-corrected chi connectivity index (χ3v) is 3.65. The molecule has 0 saturated heterocycles. The van der Waals surface area contributed by atoms with Gasteiger partial charge in [-0.05, 0) is 38.1 Å². The zero-order chi connectivity index (χ0) is 16.3. The summed E-state index contributed by atoms with van der Waals surface area (Å²) in [5.41, 5.74) is 1.25. The zero-order valence-electron chi connectivity index (χ0n) is 12.5. The monoisotopic (exact) mass is 323 g/mol. The van der Waals surface area contributed by atoms with Gasteiger partial charge in [-0.2, -0.15) is 0 Å². The van der Waals surface area contributed by atoms with Crippen molar-refractivity contribution in [2.24, 2.45) is 0 Å². The fraction of sp³-hybridized carbons (Fsp3) is 0.375. The molecule has 1 aromatic carbocycles. The van der Waals surface area contributed by atoms with E-state index in [0.717, 1.165) is 5.56 Å². The molecule has 22 heavy (non-hydrogen) atoms. The molecule has 1 aliphatic rings. The number of rotatable bonds is 5. The van der Waals surface area contributed by atoms with Gasteiger partial charge < -0.3 is 14.7 Å². The number of carbonyl (C=O) groups is 2. The minimum absolute atomic E-state index is 0.0829. The van der Waals surface area contributed by atoms with Crippen molar-refractivity contribution in [3.05, 3.63) is 34.4 Å². The Morgan fingerprint density at radius 1 is 1.41 bits per heavy atom. The van der Waals surface area contributed by atoms with E-state index >= 15 is 0 Å². The highest BCUT2D eigenvalue weighted by molar-refractivity contribution is 6.30. The quantitative estimate of drug-likeness (QED) is 0.904. The van der Waals surface area contributed by atoms with Gasteiger partial charge in [-0.25, -0.2) is 0 Å². The minimum atomic E-state index is -0.926. The van der Waals surface area contributed by atoms with Gasteiger partial charge in [0.1, 0.15) is 12.4 Å². The Kier molecular flexibility index (Phi) is 5.08. The Morgan fingerprint density at radius 3 is 2.77 bits per heavy atom. The first kappa shape index (κ1) is 16.4. The Morgan fingerprint density at radius 2 is 2.14 bits per heavy atom. The maximum atomic E-state index is 12.6. The summed E-state index contributed by atoms with van der Waals surface area (Å²) in [6.07, 6.45) is 1.67. The van der Waals surface area contributed by atoms with E-state index in [1.54, 1.807) is 29.2 Å². The van der Waals surface area contributed by atoms with E-state index in [0.29, 0.717) is 16.3 Å². The predicted octanol–water partition coefficient (Wildman–Crippen LogP) is 2.83. The highest BCUT2D eigenvalue weighted by Crippen LogP contribution is 2.29. The smallest absolute Gasteiger partial charge is 0.305 e. The lowest BCUT2D eigenvalue weighted by molar-refractivity contribution is -0.138. The Labute approximate surface area is 134 Å². The second-order valence-corrected chi connectivity index (χ2v) is 5.81. The molecule has 0 fully saturated rings. The molecule has 0 radical (unpaired) electrons. The minimum Gasteiger partial charge on any atom is -0.488 e. The molecule has 0 bridgehead atoms. The molecule has 118 valence electrons. The lowest BCUT2D eigenvalue weighted by atomic mass is 10.1. The zero-order valence-corrected chi connectivity index (χ0v) is 13.3. The summed E-state index contributed by atoms with van der Waals surface area (Å²) in [7, 11) is 0. The number of ether oxygens (including phenoxy) is 1. The van der Waals surface area contributed by atoms with Crippen molar-refractivity contribution in [1.82, 2.24) is 4.90 Å². The number of benzene rings is 1. The first-order chi connectivity index (χ1) is 10.4. The highest BCUT2D eigenvalue weighted by Gasteiger charge is 2.24. The normalized spacial score (nSPS) is 13.2. The van der Waals surface area contributed by atoms with Crippen LogP contribution in [0, 0.1) is 0 Å². The van der Waals surface area contributed by atoms with E-state index in [-0.39, 0.29) is 31.5 Å². The predicted molar refractivity (Wildman–Crippen MR) is 84.0 cm³/mol. The van der Waals surface area contributed by atoms with Crippen molar-refractivity contribution in [1.29, 1.82) is 0 Å². The molecule has 0 unspecified atom stereocenters. The summed E-state index contributed by atoms with van der Waals surface area (Å²) in [6.45, 7) is 4.05. The average Bonchev–Trinajstić information content (AvgIpc) is 2.45. The van der Waals surface area contributed by atoms with Crippen LogP contribution >= 0.6 is 11.6 Å². The van der Waals surface area contributed by atoms with Crippen molar-refractivity contribution in [2.75, 3.05) is 13.2 Å². The molecule has 6 heteroatoms. The largest absolute Gasteiger partial charge is 0.488 e. The van der Waals surface area contributed by atoms with E-state index in [1.165, 1.54) is 0 Å². The molecule has 0 saturated carbocycles. The third kappa shape index (κ3) is 3.80. The number of aliphatic carboxylic acids is 1. The number of carboxylic acid groups (broad SMARTS) is 1. The van der Waals surface area contributed by atoms with E-state index in [2.05, 4.69) is 0 Å². The molecular weight excluding hydrogens is 306 g/mol. The Balaban J connectivity index is 2.22. The first-order valence-electron chi connectivity index (χ1n) is 7.04. The van der Waals surface area contributed by atoms with Crippen molar-refractivity contribution >= 4 is 29.6 Å². The summed E-state index contributed by atoms with van der Waals surface area (Å²) in [5.74, 6) is -0.450. The second kappa shape index (κ2) is 6.83. The fourth-order valence-corrected chi connectivity index (χ4v) is 2.45. The summed E-state index contributed by atoms with van der Waals surface area (Å²) in [6, 6.07) is 5.14. The van der Waals surface area contributed by atoms with Crippen LogP contribution in [0.1, 0.15) is 25.8 Å². The maximum Gasteiger partial charge on any atom is 0.305 e. The van der Waals surface area contributed by atoms with Crippen LogP contribution in [0.2, 0.25) is 5.02 Å². The van der Waals surface area contributed by atoms with Gasteiger partial charge >= 0.3 is 5.97 Å². The third-order valence-electron chi connectivity index (χ3n) is 3.41. The Hall–Kier alpha value is -2.01. The molecule has 0 atom stereocenters. The van der Waals surface area contributed by atoms with Crippen LogP contribution in [0.25, 0.3) is 6.08 Å². The van der Waals surface area contributed by atoms with Gasteiger partial charge in [0, 0.05) is 23.2 Å². The molecule has 0 aliphatic carbocycles. The molecule has 1 aliphatic heterocycles. The summed E-state index contributed by atoms with van der Waals surface area (Å²) >= 11 is 5.96. The maximum absolute atomic E-state index is 12.6. The molecule has 1 amide bonds. The summed E-state index contributed by atoms with van der Waals surface area (Å²) in [5, 5.41) is 9.37. The van der Waals surface area contributed by atoms with Gasteiger partial charge in [-0.3, -0.25) is 9.59 Å². The van der Waals surface area contributed by atoms with E-state index in [1.807, 2.05) is 13.8 Å². The number of amides is 1. The van der Waals surface area contributed by atoms with E-state index < -0.39 is 5.97 Å². The van der Waals surface area contributed by atoms with Gasteiger partial charge in [-0.1, -0.05) is 11.6 Å². The van der Waals surface area contributed by atoms with Gasteiger partial charge in [0.2, 0.25) is 0 Å². The molecule has 1 N–H and O–H groups in total. The van der Waals surface area contributed by atoms with Crippen LogP contribution in [0.5, 0.6) is 5.75 Å². The van der Waals surface area contributed by atoms with Crippen molar-refractivity contribution < 1.29 is 19.4 Å². The van der Waals surface area contributed by atoms with Crippen LogP contribution in [-0.4, -0.2) is 41.1 Å². The summed E-state index contributed by atoms with van der Waals surface area (Å²) < 4.78 is 5.58. The van der Waals surface area contributed by atoms with Crippen LogP contribution in [0.3, 0.4) is 0 Å². The first-order valence-corrected chi connectivity index (χ1v) is 7.42. The van der Waals surface area contributed by atoms with Gasteiger partial charge in [-0.15, -0.1) is 0 Å².